The number of hydrogen-bond donors (Lipinski definition) is 2. The van der Waals surface area contributed by atoms with Crippen molar-refractivity contribution in [3.05, 3.63) is 12.0 Å². The Hall–Kier alpha value is -1.03. The van der Waals surface area contributed by atoms with Crippen LogP contribution in [0.4, 0.5) is 5.69 Å². The molecule has 0 saturated heterocycles. The van der Waals surface area contributed by atoms with Gasteiger partial charge in [0, 0.05) is 19.0 Å². The minimum Gasteiger partial charge on any atom is -0.380 e. The van der Waals surface area contributed by atoms with Gasteiger partial charge in [-0.05, 0) is 12.8 Å². The van der Waals surface area contributed by atoms with Crippen LogP contribution in [0.15, 0.2) is 10.7 Å². The zero-order valence-electron chi connectivity index (χ0n) is 8.33. The average molecular weight is 195 g/mol. The van der Waals surface area contributed by atoms with E-state index in [9.17, 15) is 0 Å². The summed E-state index contributed by atoms with van der Waals surface area (Å²) < 4.78 is 5.29. The highest BCUT2D eigenvalue weighted by atomic mass is 16.5. The maximum atomic E-state index is 5.44. The maximum Gasteiger partial charge on any atom is 0.162 e. The first kappa shape index (κ1) is 9.52. The van der Waals surface area contributed by atoms with Gasteiger partial charge in [-0.1, -0.05) is 18.0 Å². The van der Waals surface area contributed by atoms with Crippen LogP contribution in [0.3, 0.4) is 0 Å². The van der Waals surface area contributed by atoms with Gasteiger partial charge in [-0.25, -0.2) is 0 Å². The summed E-state index contributed by atoms with van der Waals surface area (Å²) in [5.74, 6) is 1.59. The number of nitrogens with zero attached hydrogens (tertiary/aromatic N) is 1. The molecule has 3 N–H and O–H groups in total. The van der Waals surface area contributed by atoms with Crippen molar-refractivity contribution in [3.63, 3.8) is 0 Å². The number of nitrogens with one attached hydrogen (secondary N) is 1. The van der Waals surface area contributed by atoms with Crippen molar-refractivity contribution >= 4 is 5.69 Å². The van der Waals surface area contributed by atoms with Gasteiger partial charge in [0.1, 0.15) is 0 Å². The normalized spacial score (nSPS) is 17.5. The molecule has 1 aromatic heterocycles. The maximum absolute atomic E-state index is 5.44. The van der Waals surface area contributed by atoms with E-state index in [1.807, 2.05) is 0 Å². The molecule has 0 aromatic carbocycles. The summed E-state index contributed by atoms with van der Waals surface area (Å²) in [6, 6.07) is 0. The summed E-state index contributed by atoms with van der Waals surface area (Å²) in [5.41, 5.74) is 6.47. The largest absolute Gasteiger partial charge is 0.380 e. The molecule has 0 aliphatic heterocycles. The fourth-order valence-corrected chi connectivity index (χ4v) is 2.07. The number of nitrogens with two attached hydrogens (primary N) is 1. The Kier molecular flexibility index (Phi) is 3.03. The van der Waals surface area contributed by atoms with E-state index in [1.54, 1.807) is 6.20 Å². The molecule has 1 fully saturated rings. The first-order chi connectivity index (χ1) is 6.92. The molecule has 1 saturated carbocycles. The summed E-state index contributed by atoms with van der Waals surface area (Å²) >= 11 is 0. The van der Waals surface area contributed by atoms with Crippen LogP contribution < -0.4 is 11.1 Å². The predicted molar refractivity (Wildman–Crippen MR) is 55.3 cm³/mol. The molecule has 1 aromatic rings. The van der Waals surface area contributed by atoms with E-state index in [2.05, 4.69) is 10.5 Å². The molecule has 78 valence electrons. The molecule has 0 radical (unpaired) electrons. The molecule has 1 aliphatic carbocycles. The van der Waals surface area contributed by atoms with Gasteiger partial charge in [0.05, 0.1) is 11.9 Å². The molecule has 4 heteroatoms. The Bertz CT molecular complexity index is 279. The van der Waals surface area contributed by atoms with Crippen molar-refractivity contribution in [2.24, 2.45) is 5.73 Å². The molecule has 4 nitrogen and oxygen atoms in total. The van der Waals surface area contributed by atoms with Crippen molar-refractivity contribution in [1.82, 2.24) is 5.16 Å². The van der Waals surface area contributed by atoms with Gasteiger partial charge < -0.3 is 15.6 Å². The Morgan fingerprint density at radius 2 is 2.29 bits per heavy atom. The van der Waals surface area contributed by atoms with Gasteiger partial charge in [0.2, 0.25) is 0 Å². The lowest BCUT2D eigenvalue weighted by atomic mass is 10.0. The molecule has 0 spiro atoms. The third-order valence-electron chi connectivity index (χ3n) is 2.78. The summed E-state index contributed by atoms with van der Waals surface area (Å²) in [6.45, 7) is 1.41. The third-order valence-corrected chi connectivity index (χ3v) is 2.78. The lowest BCUT2D eigenvalue weighted by Crippen LogP contribution is -2.13. The first-order valence-electron chi connectivity index (χ1n) is 5.30. The van der Waals surface area contributed by atoms with Gasteiger partial charge in [-0.3, -0.25) is 0 Å². The van der Waals surface area contributed by atoms with E-state index in [0.717, 1.165) is 18.0 Å². The van der Waals surface area contributed by atoms with Crippen molar-refractivity contribution in [3.8, 4) is 0 Å². The van der Waals surface area contributed by atoms with Crippen LogP contribution in [0.2, 0.25) is 0 Å². The van der Waals surface area contributed by atoms with Gasteiger partial charge >= 0.3 is 0 Å². The molecule has 2 rings (SSSR count). The van der Waals surface area contributed by atoms with Crippen molar-refractivity contribution < 1.29 is 4.52 Å². The summed E-state index contributed by atoms with van der Waals surface area (Å²) in [4.78, 5) is 0. The second kappa shape index (κ2) is 4.46. The Morgan fingerprint density at radius 1 is 1.50 bits per heavy atom. The summed E-state index contributed by atoms with van der Waals surface area (Å²) in [5, 5.41) is 7.08. The third kappa shape index (κ3) is 1.90. The molecule has 0 unspecified atom stereocenters. The zero-order valence-corrected chi connectivity index (χ0v) is 8.33. The molecular formula is C10H17N3O. The van der Waals surface area contributed by atoms with Crippen LogP contribution in [0.25, 0.3) is 0 Å². The summed E-state index contributed by atoms with van der Waals surface area (Å²) in [7, 11) is 0. The lowest BCUT2D eigenvalue weighted by molar-refractivity contribution is 0.361. The van der Waals surface area contributed by atoms with Crippen LogP contribution >= 0.6 is 0 Å². The standard InChI is InChI=1S/C10H17N3O/c11-5-6-12-9-7-13-14-10(9)8-3-1-2-4-8/h7-8,12H,1-6,11H2. The van der Waals surface area contributed by atoms with Crippen molar-refractivity contribution in [2.75, 3.05) is 18.4 Å². The number of aromatic nitrogens is 1. The first-order valence-corrected chi connectivity index (χ1v) is 5.30. The Morgan fingerprint density at radius 3 is 3.00 bits per heavy atom. The van der Waals surface area contributed by atoms with E-state index in [4.69, 9.17) is 10.3 Å². The molecule has 0 bridgehead atoms. The average Bonchev–Trinajstić information content (AvgIpc) is 2.84. The Balaban J connectivity index is 2.04. The minimum absolute atomic E-state index is 0.567. The van der Waals surface area contributed by atoms with E-state index in [-0.39, 0.29) is 0 Å². The second-order valence-corrected chi connectivity index (χ2v) is 3.80. The topological polar surface area (TPSA) is 64.1 Å². The van der Waals surface area contributed by atoms with E-state index >= 15 is 0 Å². The highest BCUT2D eigenvalue weighted by molar-refractivity contribution is 5.46. The quantitative estimate of drug-likeness (QED) is 0.767. The van der Waals surface area contributed by atoms with E-state index < -0.39 is 0 Å². The van der Waals surface area contributed by atoms with Crippen LogP contribution in [0.5, 0.6) is 0 Å². The van der Waals surface area contributed by atoms with Crippen LogP contribution in [0, 0.1) is 0 Å². The zero-order chi connectivity index (χ0) is 9.80. The minimum atomic E-state index is 0.567. The van der Waals surface area contributed by atoms with Crippen LogP contribution in [0.1, 0.15) is 37.4 Å². The van der Waals surface area contributed by atoms with Crippen LogP contribution in [-0.4, -0.2) is 18.2 Å². The smallest absolute Gasteiger partial charge is 0.162 e. The molecular weight excluding hydrogens is 178 g/mol. The number of anilines is 1. The van der Waals surface area contributed by atoms with Gasteiger partial charge in [-0.2, -0.15) is 0 Å². The summed E-state index contributed by atoms with van der Waals surface area (Å²) in [6.07, 6.45) is 6.83. The number of rotatable bonds is 4. The lowest BCUT2D eigenvalue weighted by Gasteiger charge is -2.08. The molecule has 1 heterocycles. The Labute approximate surface area is 83.8 Å². The van der Waals surface area contributed by atoms with Crippen molar-refractivity contribution in [1.29, 1.82) is 0 Å². The number of hydrogen-bond acceptors (Lipinski definition) is 4. The molecule has 14 heavy (non-hydrogen) atoms. The predicted octanol–water partition coefficient (Wildman–Crippen LogP) is 1.70. The fourth-order valence-electron chi connectivity index (χ4n) is 2.07. The monoisotopic (exact) mass is 195 g/mol. The molecule has 0 atom stereocenters. The van der Waals surface area contributed by atoms with Gasteiger partial charge in [0.15, 0.2) is 5.76 Å². The van der Waals surface area contributed by atoms with E-state index in [1.165, 1.54) is 25.7 Å². The van der Waals surface area contributed by atoms with Crippen LogP contribution in [-0.2, 0) is 0 Å². The van der Waals surface area contributed by atoms with Gasteiger partial charge in [0.25, 0.3) is 0 Å². The highest BCUT2D eigenvalue weighted by Gasteiger charge is 2.23. The highest BCUT2D eigenvalue weighted by Crippen LogP contribution is 2.37. The van der Waals surface area contributed by atoms with Gasteiger partial charge in [-0.15, -0.1) is 0 Å². The van der Waals surface area contributed by atoms with Crippen molar-refractivity contribution in [2.45, 2.75) is 31.6 Å². The second-order valence-electron chi connectivity index (χ2n) is 3.80. The van der Waals surface area contributed by atoms with E-state index in [0.29, 0.717) is 12.5 Å². The molecule has 0 amide bonds. The molecule has 1 aliphatic rings. The fraction of sp³-hybridized carbons (Fsp3) is 0.700. The SMILES string of the molecule is NCCNc1cnoc1C1CCCC1.